The summed E-state index contributed by atoms with van der Waals surface area (Å²) >= 11 is 3.05. The van der Waals surface area contributed by atoms with Gasteiger partial charge in [-0.2, -0.15) is 18.4 Å². The Kier molecular flexibility index (Phi) is 4.12. The van der Waals surface area contributed by atoms with Crippen LogP contribution in [0.4, 0.5) is 19.0 Å². The third kappa shape index (κ3) is 3.75. The molecular weight excluding hydrogens is 299 g/mol. The number of aromatic nitrogens is 1. The minimum absolute atomic E-state index is 0.0479. The molecule has 0 aliphatic rings. The van der Waals surface area contributed by atoms with Crippen molar-refractivity contribution in [2.45, 2.75) is 6.18 Å². The van der Waals surface area contributed by atoms with E-state index in [4.69, 9.17) is 5.26 Å². The number of rotatable bonds is 3. The van der Waals surface area contributed by atoms with Crippen molar-refractivity contribution >= 4 is 21.7 Å². The van der Waals surface area contributed by atoms with Gasteiger partial charge >= 0.3 is 6.18 Å². The number of hydrogen-bond donors (Lipinski definition) is 1. The second-order valence-corrected chi connectivity index (χ2v) is 4.19. The fourth-order valence-corrected chi connectivity index (χ4v) is 1.16. The minimum Gasteiger partial charge on any atom is -0.364 e. The Morgan fingerprint density at radius 1 is 1.53 bits per heavy atom. The van der Waals surface area contributed by atoms with Gasteiger partial charge in [-0.1, -0.05) is 22.5 Å². The predicted octanol–water partition coefficient (Wildman–Crippen LogP) is 3.29. The molecule has 0 aliphatic heterocycles. The number of nitrogens with zero attached hydrogens (tertiary/aromatic N) is 2. The standard InChI is InChI=1S/C10H7BrF3N3/c1-6(11)5-16-9-7(4-15)2-3-8(17-9)10(12,13)14/h2-3H,1,5H2,(H,16,17). The minimum atomic E-state index is -4.53. The van der Waals surface area contributed by atoms with Crippen LogP contribution in [0.25, 0.3) is 0 Å². The first kappa shape index (κ1) is 13.5. The van der Waals surface area contributed by atoms with E-state index in [2.05, 4.69) is 32.8 Å². The van der Waals surface area contributed by atoms with Gasteiger partial charge in [-0.15, -0.1) is 0 Å². The molecule has 0 radical (unpaired) electrons. The molecule has 1 aromatic rings. The number of halogens is 4. The van der Waals surface area contributed by atoms with E-state index in [1.54, 1.807) is 6.07 Å². The van der Waals surface area contributed by atoms with Crippen LogP contribution >= 0.6 is 15.9 Å². The molecule has 0 atom stereocenters. The van der Waals surface area contributed by atoms with Crippen LogP contribution in [0.2, 0.25) is 0 Å². The van der Waals surface area contributed by atoms with Crippen molar-refractivity contribution in [2.24, 2.45) is 0 Å². The molecule has 1 aromatic heterocycles. The molecular formula is C10H7BrF3N3. The van der Waals surface area contributed by atoms with Crippen molar-refractivity contribution in [3.63, 3.8) is 0 Å². The molecule has 0 amide bonds. The van der Waals surface area contributed by atoms with Gasteiger partial charge in [0, 0.05) is 11.0 Å². The van der Waals surface area contributed by atoms with Gasteiger partial charge in [-0.05, 0) is 12.1 Å². The Balaban J connectivity index is 3.08. The van der Waals surface area contributed by atoms with E-state index in [0.29, 0.717) is 4.48 Å². The zero-order valence-electron chi connectivity index (χ0n) is 8.48. The lowest BCUT2D eigenvalue weighted by Gasteiger charge is -2.10. The van der Waals surface area contributed by atoms with E-state index in [-0.39, 0.29) is 17.9 Å². The van der Waals surface area contributed by atoms with Crippen LogP contribution in [0.15, 0.2) is 23.2 Å². The second kappa shape index (κ2) is 5.19. The lowest BCUT2D eigenvalue weighted by Crippen LogP contribution is -2.12. The highest BCUT2D eigenvalue weighted by molar-refractivity contribution is 9.11. The largest absolute Gasteiger partial charge is 0.433 e. The number of anilines is 1. The molecule has 0 bridgehead atoms. The highest BCUT2D eigenvalue weighted by Crippen LogP contribution is 2.29. The van der Waals surface area contributed by atoms with Crippen LogP contribution in [0.1, 0.15) is 11.3 Å². The van der Waals surface area contributed by atoms with Crippen molar-refractivity contribution in [3.05, 3.63) is 34.5 Å². The zero-order chi connectivity index (χ0) is 13.1. The van der Waals surface area contributed by atoms with Crippen LogP contribution in [0.5, 0.6) is 0 Å². The monoisotopic (exact) mass is 305 g/mol. The summed E-state index contributed by atoms with van der Waals surface area (Å²) in [4.78, 5) is 3.37. The fraction of sp³-hybridized carbons (Fsp3) is 0.200. The molecule has 1 rings (SSSR count). The molecule has 17 heavy (non-hydrogen) atoms. The van der Waals surface area contributed by atoms with E-state index >= 15 is 0 Å². The molecule has 1 N–H and O–H groups in total. The molecule has 0 aliphatic carbocycles. The second-order valence-electron chi connectivity index (χ2n) is 3.07. The molecule has 0 unspecified atom stereocenters. The molecule has 90 valence electrons. The Bertz CT molecular complexity index is 477. The summed E-state index contributed by atoms with van der Waals surface area (Å²) in [6.07, 6.45) is -4.53. The third-order valence-corrected chi connectivity index (χ3v) is 2.03. The average molecular weight is 306 g/mol. The SMILES string of the molecule is C=C(Br)CNc1nc(C(F)(F)F)ccc1C#N. The lowest BCUT2D eigenvalue weighted by atomic mass is 10.2. The van der Waals surface area contributed by atoms with Crippen molar-refractivity contribution in [2.75, 3.05) is 11.9 Å². The lowest BCUT2D eigenvalue weighted by molar-refractivity contribution is -0.141. The number of nitriles is 1. The maximum atomic E-state index is 12.4. The molecule has 0 saturated carbocycles. The highest BCUT2D eigenvalue weighted by atomic mass is 79.9. The zero-order valence-corrected chi connectivity index (χ0v) is 10.1. The maximum absolute atomic E-state index is 12.4. The van der Waals surface area contributed by atoms with Gasteiger partial charge in [-0.3, -0.25) is 0 Å². The number of hydrogen-bond acceptors (Lipinski definition) is 3. The number of nitrogens with one attached hydrogen (secondary N) is 1. The Morgan fingerprint density at radius 3 is 2.65 bits per heavy atom. The molecule has 7 heteroatoms. The Morgan fingerprint density at radius 2 is 2.18 bits per heavy atom. The van der Waals surface area contributed by atoms with Gasteiger partial charge in [0.1, 0.15) is 17.6 Å². The van der Waals surface area contributed by atoms with Crippen LogP contribution in [-0.2, 0) is 6.18 Å². The molecule has 0 aromatic carbocycles. The van der Waals surface area contributed by atoms with Crippen molar-refractivity contribution in [3.8, 4) is 6.07 Å². The van der Waals surface area contributed by atoms with Crippen molar-refractivity contribution in [1.82, 2.24) is 4.98 Å². The van der Waals surface area contributed by atoms with Gasteiger partial charge in [-0.25, -0.2) is 4.98 Å². The Labute approximate surface area is 104 Å². The summed E-state index contributed by atoms with van der Waals surface area (Å²) in [5.41, 5.74) is -0.995. The normalized spacial score (nSPS) is 10.8. The predicted molar refractivity (Wildman–Crippen MR) is 60.5 cm³/mol. The fourth-order valence-electron chi connectivity index (χ4n) is 1.02. The smallest absolute Gasteiger partial charge is 0.364 e. The van der Waals surface area contributed by atoms with Crippen LogP contribution in [0, 0.1) is 11.3 Å². The van der Waals surface area contributed by atoms with Crippen LogP contribution < -0.4 is 5.32 Å². The molecule has 1 heterocycles. The van der Waals surface area contributed by atoms with E-state index in [1.165, 1.54) is 0 Å². The van der Waals surface area contributed by atoms with E-state index in [1.807, 2.05) is 0 Å². The van der Waals surface area contributed by atoms with Gasteiger partial charge in [0.25, 0.3) is 0 Å². The third-order valence-electron chi connectivity index (χ3n) is 1.75. The topological polar surface area (TPSA) is 48.7 Å². The van der Waals surface area contributed by atoms with Crippen molar-refractivity contribution < 1.29 is 13.2 Å². The number of alkyl halides is 3. The van der Waals surface area contributed by atoms with Gasteiger partial charge in [0.2, 0.25) is 0 Å². The number of pyridine rings is 1. The average Bonchev–Trinajstić information content (AvgIpc) is 2.24. The van der Waals surface area contributed by atoms with E-state index in [9.17, 15) is 13.2 Å². The first-order valence-electron chi connectivity index (χ1n) is 4.40. The van der Waals surface area contributed by atoms with E-state index in [0.717, 1.165) is 12.1 Å². The van der Waals surface area contributed by atoms with E-state index < -0.39 is 11.9 Å². The summed E-state index contributed by atoms with van der Waals surface area (Å²) in [5, 5.41) is 11.3. The molecule has 0 saturated heterocycles. The maximum Gasteiger partial charge on any atom is 0.433 e. The summed E-state index contributed by atoms with van der Waals surface area (Å²) < 4.78 is 37.7. The quantitative estimate of drug-likeness (QED) is 0.932. The summed E-state index contributed by atoms with van der Waals surface area (Å²) in [7, 11) is 0. The molecule has 3 nitrogen and oxygen atoms in total. The summed E-state index contributed by atoms with van der Waals surface area (Å²) in [6, 6.07) is 3.61. The van der Waals surface area contributed by atoms with Crippen LogP contribution in [-0.4, -0.2) is 11.5 Å². The first-order chi connectivity index (χ1) is 7.84. The molecule has 0 fully saturated rings. The summed E-state index contributed by atoms with van der Waals surface area (Å²) in [6.45, 7) is 3.70. The van der Waals surface area contributed by atoms with Gasteiger partial charge in [0.05, 0.1) is 5.56 Å². The summed E-state index contributed by atoms with van der Waals surface area (Å²) in [5.74, 6) is -0.108. The van der Waals surface area contributed by atoms with Gasteiger partial charge < -0.3 is 5.32 Å². The van der Waals surface area contributed by atoms with Gasteiger partial charge in [0.15, 0.2) is 0 Å². The first-order valence-corrected chi connectivity index (χ1v) is 5.19. The molecule has 0 spiro atoms. The Hall–Kier alpha value is -1.55. The highest BCUT2D eigenvalue weighted by Gasteiger charge is 2.33. The van der Waals surface area contributed by atoms with Crippen LogP contribution in [0.3, 0.4) is 0 Å². The van der Waals surface area contributed by atoms with Crippen molar-refractivity contribution in [1.29, 1.82) is 5.26 Å².